The van der Waals surface area contributed by atoms with Crippen LogP contribution in [0.15, 0.2) is 48.5 Å². The van der Waals surface area contributed by atoms with Gasteiger partial charge in [-0.2, -0.15) is 0 Å². The molecule has 0 saturated carbocycles. The Bertz CT molecular complexity index is 808. The van der Waals surface area contributed by atoms with E-state index in [4.69, 9.17) is 16.3 Å². The van der Waals surface area contributed by atoms with Gasteiger partial charge < -0.3 is 20.3 Å². The van der Waals surface area contributed by atoms with Crippen molar-refractivity contribution >= 4 is 34.8 Å². The van der Waals surface area contributed by atoms with E-state index >= 15 is 0 Å². The van der Waals surface area contributed by atoms with Crippen LogP contribution < -0.4 is 15.5 Å². The highest BCUT2D eigenvalue weighted by Gasteiger charge is 2.28. The first-order valence-corrected chi connectivity index (χ1v) is 8.81. The van der Waals surface area contributed by atoms with Gasteiger partial charge in [0.25, 0.3) is 0 Å². The van der Waals surface area contributed by atoms with E-state index in [-0.39, 0.29) is 6.54 Å². The van der Waals surface area contributed by atoms with Gasteiger partial charge in [0.1, 0.15) is 5.60 Å². The van der Waals surface area contributed by atoms with Crippen LogP contribution in [0.25, 0.3) is 0 Å². The lowest BCUT2D eigenvalue weighted by Crippen LogP contribution is -2.44. The SMILES string of the molecule is COC(C)(CNC(=O)C(=O)Nc1ccc(N(C)C)cc1)c1cccc(Cl)c1. The van der Waals surface area contributed by atoms with Crippen LogP contribution in [0.1, 0.15) is 12.5 Å². The first-order chi connectivity index (χ1) is 12.7. The van der Waals surface area contributed by atoms with E-state index in [1.165, 1.54) is 0 Å². The van der Waals surface area contributed by atoms with Crippen molar-refractivity contribution in [3.63, 3.8) is 0 Å². The summed E-state index contributed by atoms with van der Waals surface area (Å²) in [5, 5.41) is 5.76. The fourth-order valence-electron chi connectivity index (χ4n) is 2.47. The third-order valence-electron chi connectivity index (χ3n) is 4.32. The van der Waals surface area contributed by atoms with Crippen molar-refractivity contribution in [2.24, 2.45) is 0 Å². The molecule has 0 fully saturated rings. The Morgan fingerprint density at radius 2 is 1.78 bits per heavy atom. The molecule has 7 heteroatoms. The summed E-state index contributed by atoms with van der Waals surface area (Å²) in [6.45, 7) is 1.94. The zero-order chi connectivity index (χ0) is 20.0. The molecule has 0 radical (unpaired) electrons. The number of carbonyl (C=O) groups excluding carboxylic acids is 2. The average molecular weight is 390 g/mol. The summed E-state index contributed by atoms with van der Waals surface area (Å²) in [6, 6.07) is 14.4. The van der Waals surface area contributed by atoms with Gasteiger partial charge in [-0.25, -0.2) is 0 Å². The Kier molecular flexibility index (Phi) is 6.82. The molecule has 0 aliphatic carbocycles. The van der Waals surface area contributed by atoms with Crippen LogP contribution in [0, 0.1) is 0 Å². The molecule has 2 aromatic rings. The van der Waals surface area contributed by atoms with Gasteiger partial charge in [0.15, 0.2) is 0 Å². The van der Waals surface area contributed by atoms with Crippen LogP contribution >= 0.6 is 11.6 Å². The molecule has 0 bridgehead atoms. The topological polar surface area (TPSA) is 70.7 Å². The number of hydrogen-bond donors (Lipinski definition) is 2. The van der Waals surface area contributed by atoms with Gasteiger partial charge >= 0.3 is 11.8 Å². The minimum atomic E-state index is -0.811. The van der Waals surface area contributed by atoms with Crippen LogP contribution in [-0.2, 0) is 19.9 Å². The van der Waals surface area contributed by atoms with Crippen molar-refractivity contribution in [2.75, 3.05) is 38.0 Å². The Labute approximate surface area is 164 Å². The number of ether oxygens (including phenoxy) is 1. The molecular formula is C20H24ClN3O3. The highest BCUT2D eigenvalue weighted by molar-refractivity contribution is 6.39. The summed E-state index contributed by atoms with van der Waals surface area (Å²) in [7, 11) is 5.39. The summed E-state index contributed by atoms with van der Waals surface area (Å²) >= 11 is 6.03. The maximum absolute atomic E-state index is 12.2. The first kappa shape index (κ1) is 20.7. The second-order valence-electron chi connectivity index (χ2n) is 6.52. The highest BCUT2D eigenvalue weighted by Crippen LogP contribution is 2.26. The minimum Gasteiger partial charge on any atom is -0.378 e. The molecule has 0 aromatic heterocycles. The third-order valence-corrected chi connectivity index (χ3v) is 4.55. The van der Waals surface area contributed by atoms with Gasteiger partial charge in [-0.1, -0.05) is 23.7 Å². The van der Waals surface area contributed by atoms with Gasteiger partial charge in [0.05, 0.1) is 6.54 Å². The highest BCUT2D eigenvalue weighted by atomic mass is 35.5. The van der Waals surface area contributed by atoms with Gasteiger partial charge in [0.2, 0.25) is 0 Å². The number of amides is 2. The number of halogens is 1. The molecule has 0 heterocycles. The number of methoxy groups -OCH3 is 1. The number of nitrogens with one attached hydrogen (secondary N) is 2. The Balaban J connectivity index is 1.98. The molecule has 144 valence electrons. The summed E-state index contributed by atoms with van der Waals surface area (Å²) in [5.74, 6) is -1.48. The number of benzene rings is 2. The Morgan fingerprint density at radius 1 is 1.11 bits per heavy atom. The van der Waals surface area contributed by atoms with E-state index in [0.717, 1.165) is 11.3 Å². The first-order valence-electron chi connectivity index (χ1n) is 8.43. The minimum absolute atomic E-state index is 0.121. The van der Waals surface area contributed by atoms with Crippen LogP contribution in [0.4, 0.5) is 11.4 Å². The predicted molar refractivity (Wildman–Crippen MR) is 108 cm³/mol. The monoisotopic (exact) mass is 389 g/mol. The number of carbonyl (C=O) groups is 2. The van der Waals surface area contributed by atoms with Crippen LogP contribution in [-0.4, -0.2) is 39.6 Å². The molecule has 0 spiro atoms. The van der Waals surface area contributed by atoms with Crippen molar-refractivity contribution in [3.05, 3.63) is 59.1 Å². The van der Waals surface area contributed by atoms with E-state index in [1.54, 1.807) is 37.4 Å². The predicted octanol–water partition coefficient (Wildman–Crippen LogP) is 3.02. The van der Waals surface area contributed by atoms with Gasteiger partial charge in [0, 0.05) is 37.6 Å². The third kappa shape index (κ3) is 5.45. The van der Waals surface area contributed by atoms with Crippen molar-refractivity contribution in [2.45, 2.75) is 12.5 Å². The summed E-state index contributed by atoms with van der Waals surface area (Å²) in [6.07, 6.45) is 0. The quantitative estimate of drug-likeness (QED) is 0.745. The van der Waals surface area contributed by atoms with E-state index in [1.807, 2.05) is 44.1 Å². The number of nitrogens with zero attached hydrogens (tertiary/aromatic N) is 1. The fraction of sp³-hybridized carbons (Fsp3) is 0.300. The summed E-state index contributed by atoms with van der Waals surface area (Å²) in [4.78, 5) is 26.2. The maximum Gasteiger partial charge on any atom is 0.313 e. The molecule has 2 N–H and O–H groups in total. The molecule has 0 aliphatic rings. The van der Waals surface area contributed by atoms with Crippen molar-refractivity contribution in [3.8, 4) is 0 Å². The molecule has 0 saturated heterocycles. The Hall–Kier alpha value is -2.57. The molecule has 2 aromatic carbocycles. The van der Waals surface area contributed by atoms with Gasteiger partial charge in [-0.15, -0.1) is 0 Å². The van der Waals surface area contributed by atoms with Crippen LogP contribution in [0.5, 0.6) is 0 Å². The van der Waals surface area contributed by atoms with E-state index in [0.29, 0.717) is 10.7 Å². The van der Waals surface area contributed by atoms with Crippen molar-refractivity contribution in [1.29, 1.82) is 0 Å². The standard InChI is InChI=1S/C20H24ClN3O3/c1-20(27-4,14-6-5-7-15(21)12-14)13-22-18(25)19(26)23-16-8-10-17(11-9-16)24(2)3/h5-12H,13H2,1-4H3,(H,22,25)(H,23,26). The van der Waals surface area contributed by atoms with Gasteiger partial charge in [-0.05, 0) is 48.9 Å². The summed E-state index contributed by atoms with van der Waals surface area (Å²) in [5.41, 5.74) is 1.53. The van der Waals surface area contributed by atoms with Gasteiger partial charge in [-0.3, -0.25) is 9.59 Å². The Morgan fingerprint density at radius 3 is 2.33 bits per heavy atom. The largest absolute Gasteiger partial charge is 0.378 e. The van der Waals surface area contributed by atoms with E-state index < -0.39 is 17.4 Å². The lowest BCUT2D eigenvalue weighted by molar-refractivity contribution is -0.137. The lowest BCUT2D eigenvalue weighted by Gasteiger charge is -2.29. The number of rotatable bonds is 6. The number of hydrogen-bond acceptors (Lipinski definition) is 4. The van der Waals surface area contributed by atoms with Crippen molar-refractivity contribution < 1.29 is 14.3 Å². The second kappa shape index (κ2) is 8.88. The summed E-state index contributed by atoms with van der Waals surface area (Å²) < 4.78 is 5.55. The molecule has 1 atom stereocenters. The van der Waals surface area contributed by atoms with E-state index in [9.17, 15) is 9.59 Å². The van der Waals surface area contributed by atoms with Crippen molar-refractivity contribution in [1.82, 2.24) is 5.32 Å². The second-order valence-corrected chi connectivity index (χ2v) is 6.96. The molecular weight excluding hydrogens is 366 g/mol. The zero-order valence-corrected chi connectivity index (χ0v) is 16.6. The van der Waals surface area contributed by atoms with Crippen LogP contribution in [0.2, 0.25) is 5.02 Å². The molecule has 27 heavy (non-hydrogen) atoms. The molecule has 2 amide bonds. The average Bonchev–Trinajstić information content (AvgIpc) is 2.66. The molecule has 2 rings (SSSR count). The molecule has 1 unspecified atom stereocenters. The fourth-order valence-corrected chi connectivity index (χ4v) is 2.66. The lowest BCUT2D eigenvalue weighted by atomic mass is 9.95. The smallest absolute Gasteiger partial charge is 0.313 e. The van der Waals surface area contributed by atoms with E-state index in [2.05, 4.69) is 10.6 Å². The molecule has 6 nitrogen and oxygen atoms in total. The normalized spacial score (nSPS) is 12.8. The van der Waals surface area contributed by atoms with Crippen LogP contribution in [0.3, 0.4) is 0 Å². The maximum atomic E-state index is 12.2. The number of anilines is 2. The zero-order valence-electron chi connectivity index (χ0n) is 15.9. The molecule has 0 aliphatic heterocycles.